The average Bonchev–Trinajstić information content (AvgIpc) is 2.60. The van der Waals surface area contributed by atoms with Crippen LogP contribution in [0.5, 0.6) is 0 Å². The SMILES string of the molecule is Fc1ccc2sc(CCCCCl)nc2c1. The first kappa shape index (κ1) is 10.8. The monoisotopic (exact) mass is 243 g/mol. The van der Waals surface area contributed by atoms with E-state index in [1.165, 1.54) is 12.1 Å². The molecule has 0 saturated heterocycles. The summed E-state index contributed by atoms with van der Waals surface area (Å²) in [4.78, 5) is 4.38. The molecule has 0 aliphatic rings. The Balaban J connectivity index is 2.16. The van der Waals surface area contributed by atoms with Gasteiger partial charge in [-0.05, 0) is 31.4 Å². The van der Waals surface area contributed by atoms with Crippen LogP contribution in [0.1, 0.15) is 17.8 Å². The number of aromatic nitrogens is 1. The van der Waals surface area contributed by atoms with Crippen molar-refractivity contribution in [2.45, 2.75) is 19.3 Å². The molecule has 2 aromatic rings. The van der Waals surface area contributed by atoms with E-state index in [0.29, 0.717) is 5.88 Å². The maximum absolute atomic E-state index is 12.9. The molecule has 0 aliphatic heterocycles. The van der Waals surface area contributed by atoms with Gasteiger partial charge in [-0.25, -0.2) is 9.37 Å². The zero-order valence-corrected chi connectivity index (χ0v) is 9.74. The second-order valence-corrected chi connectivity index (χ2v) is 4.86. The molecule has 0 spiro atoms. The Morgan fingerprint density at radius 3 is 3.00 bits per heavy atom. The van der Waals surface area contributed by atoms with Gasteiger partial charge in [0.05, 0.1) is 15.2 Å². The van der Waals surface area contributed by atoms with Gasteiger partial charge in [0.2, 0.25) is 0 Å². The summed E-state index contributed by atoms with van der Waals surface area (Å²) in [6.07, 6.45) is 2.99. The van der Waals surface area contributed by atoms with Gasteiger partial charge in [-0.1, -0.05) is 0 Å². The van der Waals surface area contributed by atoms with Crippen LogP contribution in [0, 0.1) is 5.82 Å². The average molecular weight is 244 g/mol. The van der Waals surface area contributed by atoms with Gasteiger partial charge in [0.25, 0.3) is 0 Å². The van der Waals surface area contributed by atoms with Gasteiger partial charge in [-0.3, -0.25) is 0 Å². The van der Waals surface area contributed by atoms with Gasteiger partial charge >= 0.3 is 0 Å². The molecule has 2 rings (SSSR count). The fourth-order valence-electron chi connectivity index (χ4n) is 1.43. The summed E-state index contributed by atoms with van der Waals surface area (Å²) in [7, 11) is 0. The minimum absolute atomic E-state index is 0.222. The van der Waals surface area contributed by atoms with Crippen LogP contribution in [0.2, 0.25) is 0 Å². The summed E-state index contributed by atoms with van der Waals surface area (Å²) >= 11 is 7.24. The Labute approximate surface area is 96.9 Å². The summed E-state index contributed by atoms with van der Waals surface area (Å²) in [6.45, 7) is 0. The van der Waals surface area contributed by atoms with Crippen LogP contribution in [-0.4, -0.2) is 10.9 Å². The largest absolute Gasteiger partial charge is 0.241 e. The predicted octanol–water partition coefficient (Wildman–Crippen LogP) is 4.00. The fourth-order valence-corrected chi connectivity index (χ4v) is 2.60. The maximum Gasteiger partial charge on any atom is 0.125 e. The first-order valence-electron chi connectivity index (χ1n) is 4.90. The number of halogens is 2. The molecule has 15 heavy (non-hydrogen) atoms. The molecule has 1 nitrogen and oxygen atoms in total. The molecule has 0 saturated carbocycles. The zero-order chi connectivity index (χ0) is 10.7. The van der Waals surface area contributed by atoms with Crippen LogP contribution >= 0.6 is 22.9 Å². The molecular weight excluding hydrogens is 233 g/mol. The second kappa shape index (κ2) is 4.90. The van der Waals surface area contributed by atoms with Crippen LogP contribution in [0.3, 0.4) is 0 Å². The molecule has 0 atom stereocenters. The van der Waals surface area contributed by atoms with Crippen molar-refractivity contribution in [1.82, 2.24) is 4.98 Å². The van der Waals surface area contributed by atoms with Gasteiger partial charge in [0, 0.05) is 11.9 Å². The number of rotatable bonds is 4. The summed E-state index contributed by atoms with van der Waals surface area (Å²) in [6, 6.07) is 4.74. The number of thiazole rings is 1. The summed E-state index contributed by atoms with van der Waals surface area (Å²) < 4.78 is 14.0. The molecule has 1 aromatic carbocycles. The van der Waals surface area contributed by atoms with E-state index < -0.39 is 0 Å². The van der Waals surface area contributed by atoms with Crippen molar-refractivity contribution in [1.29, 1.82) is 0 Å². The van der Waals surface area contributed by atoms with Crippen LogP contribution in [0.15, 0.2) is 18.2 Å². The predicted molar refractivity (Wildman–Crippen MR) is 63.2 cm³/mol. The third-order valence-corrected chi connectivity index (χ3v) is 3.53. The van der Waals surface area contributed by atoms with E-state index in [9.17, 15) is 4.39 Å². The number of benzene rings is 1. The molecule has 0 aliphatic carbocycles. The minimum Gasteiger partial charge on any atom is -0.241 e. The molecule has 1 heterocycles. The molecule has 0 unspecified atom stereocenters. The number of unbranched alkanes of at least 4 members (excludes halogenated alkanes) is 1. The standard InChI is InChI=1S/C11H11ClFNS/c12-6-2-1-3-11-14-9-7-8(13)4-5-10(9)15-11/h4-5,7H,1-3,6H2. The van der Waals surface area contributed by atoms with Crippen LogP contribution in [-0.2, 0) is 6.42 Å². The van der Waals surface area contributed by atoms with Crippen molar-refractivity contribution >= 4 is 33.2 Å². The highest BCUT2D eigenvalue weighted by Crippen LogP contribution is 2.23. The number of hydrogen-bond donors (Lipinski definition) is 0. The molecule has 4 heteroatoms. The molecule has 80 valence electrons. The highest BCUT2D eigenvalue weighted by molar-refractivity contribution is 7.18. The lowest BCUT2D eigenvalue weighted by Gasteiger charge is -1.91. The van der Waals surface area contributed by atoms with Gasteiger partial charge in [0.1, 0.15) is 5.82 Å². The van der Waals surface area contributed by atoms with E-state index in [0.717, 1.165) is 34.5 Å². The van der Waals surface area contributed by atoms with Crippen LogP contribution in [0.4, 0.5) is 4.39 Å². The summed E-state index contributed by atoms with van der Waals surface area (Å²) in [5.74, 6) is 0.472. The van der Waals surface area contributed by atoms with E-state index in [1.54, 1.807) is 17.4 Å². The fraction of sp³-hybridized carbons (Fsp3) is 0.364. The Hall–Kier alpha value is -0.670. The first-order valence-corrected chi connectivity index (χ1v) is 6.25. The van der Waals surface area contributed by atoms with E-state index in [2.05, 4.69) is 4.98 Å². The minimum atomic E-state index is -0.222. The van der Waals surface area contributed by atoms with Crippen molar-refractivity contribution in [3.63, 3.8) is 0 Å². The second-order valence-electron chi connectivity index (χ2n) is 3.37. The van der Waals surface area contributed by atoms with Crippen LogP contribution < -0.4 is 0 Å². The van der Waals surface area contributed by atoms with Gasteiger partial charge in [-0.2, -0.15) is 0 Å². The smallest absolute Gasteiger partial charge is 0.125 e. The first-order chi connectivity index (χ1) is 7.29. The number of aryl methyl sites for hydroxylation is 1. The molecule has 0 radical (unpaired) electrons. The van der Waals surface area contributed by atoms with E-state index in [4.69, 9.17) is 11.6 Å². The Morgan fingerprint density at radius 1 is 1.33 bits per heavy atom. The molecule has 1 aromatic heterocycles. The van der Waals surface area contributed by atoms with Crippen molar-refractivity contribution in [3.05, 3.63) is 29.0 Å². The van der Waals surface area contributed by atoms with Gasteiger partial charge in [-0.15, -0.1) is 22.9 Å². The number of hydrogen-bond acceptors (Lipinski definition) is 2. The molecule has 0 amide bonds. The third-order valence-electron chi connectivity index (χ3n) is 2.17. The van der Waals surface area contributed by atoms with Crippen molar-refractivity contribution in [2.75, 3.05) is 5.88 Å². The quantitative estimate of drug-likeness (QED) is 0.584. The van der Waals surface area contributed by atoms with E-state index in [1.807, 2.05) is 0 Å². The molecule has 0 bridgehead atoms. The van der Waals surface area contributed by atoms with Crippen LogP contribution in [0.25, 0.3) is 10.2 Å². The lowest BCUT2D eigenvalue weighted by molar-refractivity contribution is 0.629. The number of alkyl halides is 1. The van der Waals surface area contributed by atoms with E-state index in [-0.39, 0.29) is 5.82 Å². The summed E-state index contributed by atoms with van der Waals surface area (Å²) in [5, 5.41) is 1.07. The number of nitrogens with zero attached hydrogens (tertiary/aromatic N) is 1. The van der Waals surface area contributed by atoms with Gasteiger partial charge < -0.3 is 0 Å². The Kier molecular flexibility index (Phi) is 3.54. The molecule has 0 N–H and O–H groups in total. The van der Waals surface area contributed by atoms with Crippen molar-refractivity contribution in [2.24, 2.45) is 0 Å². The molecular formula is C11H11ClFNS. The van der Waals surface area contributed by atoms with E-state index >= 15 is 0 Å². The number of fused-ring (bicyclic) bond motifs is 1. The summed E-state index contributed by atoms with van der Waals surface area (Å²) in [5.41, 5.74) is 0.765. The normalized spacial score (nSPS) is 11.1. The lowest BCUT2D eigenvalue weighted by Crippen LogP contribution is -1.84. The maximum atomic E-state index is 12.9. The van der Waals surface area contributed by atoms with Crippen molar-refractivity contribution in [3.8, 4) is 0 Å². The Bertz CT molecular complexity index is 455. The molecule has 0 fully saturated rings. The Morgan fingerprint density at radius 2 is 2.20 bits per heavy atom. The van der Waals surface area contributed by atoms with Crippen molar-refractivity contribution < 1.29 is 4.39 Å². The highest BCUT2D eigenvalue weighted by Gasteiger charge is 2.04. The topological polar surface area (TPSA) is 12.9 Å². The third kappa shape index (κ3) is 2.67. The van der Waals surface area contributed by atoms with Gasteiger partial charge in [0.15, 0.2) is 0 Å². The zero-order valence-electron chi connectivity index (χ0n) is 8.17. The highest BCUT2D eigenvalue weighted by atomic mass is 35.5. The lowest BCUT2D eigenvalue weighted by atomic mass is 10.2.